The van der Waals surface area contributed by atoms with Gasteiger partial charge in [0.25, 0.3) is 23.4 Å². The van der Waals surface area contributed by atoms with Gasteiger partial charge < -0.3 is 0 Å². The van der Waals surface area contributed by atoms with E-state index in [1.165, 1.54) is 18.2 Å². The maximum absolute atomic E-state index is 11.8. The van der Waals surface area contributed by atoms with Gasteiger partial charge in [0.15, 0.2) is 0 Å². The lowest BCUT2D eigenvalue weighted by molar-refractivity contribution is -0.384. The van der Waals surface area contributed by atoms with Gasteiger partial charge in [-0.25, -0.2) is 0 Å². The molecule has 96 valence electrons. The van der Waals surface area contributed by atoms with Crippen LogP contribution in [0.4, 0.5) is 5.69 Å². The fraction of sp³-hybridized carbons (Fsp3) is 0. The minimum Gasteiger partial charge on any atom is -0.267 e. The van der Waals surface area contributed by atoms with Crippen LogP contribution in [-0.2, 0) is 9.59 Å². The molecule has 19 heavy (non-hydrogen) atoms. The smallest absolute Gasteiger partial charge is 0.267 e. The number of carbonyl (C=O) groups is 3. The summed E-state index contributed by atoms with van der Waals surface area (Å²) in [4.78, 5) is 44.1. The number of rotatable bonds is 3. The number of nitrogens with zero attached hydrogens (tertiary/aromatic N) is 2. The quantitative estimate of drug-likeness (QED) is 0.473. The Bertz CT molecular complexity index is 605. The highest BCUT2D eigenvalue weighted by Gasteiger charge is 2.26. The third kappa shape index (κ3) is 2.46. The SMILES string of the molecule is O=C(NN1C(=O)C=CC1=O)c1cccc([N+](=O)[O-])c1. The molecule has 2 rings (SSSR count). The van der Waals surface area contributed by atoms with Crippen LogP contribution < -0.4 is 5.43 Å². The van der Waals surface area contributed by atoms with E-state index in [4.69, 9.17) is 0 Å². The highest BCUT2D eigenvalue weighted by Crippen LogP contribution is 2.13. The standard InChI is InChI=1S/C11H7N3O5/c15-9-4-5-10(16)13(9)12-11(17)7-2-1-3-8(6-7)14(18)19/h1-6H,(H,12,17). The van der Waals surface area contributed by atoms with E-state index >= 15 is 0 Å². The van der Waals surface area contributed by atoms with E-state index in [0.29, 0.717) is 5.01 Å². The molecule has 0 bridgehead atoms. The van der Waals surface area contributed by atoms with Gasteiger partial charge in [-0.15, -0.1) is 0 Å². The highest BCUT2D eigenvalue weighted by molar-refractivity contribution is 6.14. The van der Waals surface area contributed by atoms with Crippen LogP contribution in [0, 0.1) is 10.1 Å². The molecule has 1 aromatic carbocycles. The van der Waals surface area contributed by atoms with E-state index < -0.39 is 22.6 Å². The largest absolute Gasteiger partial charge is 0.272 e. The topological polar surface area (TPSA) is 110 Å². The molecule has 0 fully saturated rings. The lowest BCUT2D eigenvalue weighted by Crippen LogP contribution is -2.45. The monoisotopic (exact) mass is 261 g/mol. The molecule has 0 aromatic heterocycles. The summed E-state index contributed by atoms with van der Waals surface area (Å²) >= 11 is 0. The Balaban J connectivity index is 2.17. The van der Waals surface area contributed by atoms with E-state index in [1.807, 2.05) is 0 Å². The molecule has 8 heteroatoms. The molecule has 0 atom stereocenters. The molecule has 3 amide bonds. The van der Waals surface area contributed by atoms with Crippen LogP contribution in [0.15, 0.2) is 36.4 Å². The molecule has 1 aliphatic heterocycles. The first-order chi connectivity index (χ1) is 8.99. The zero-order valence-electron chi connectivity index (χ0n) is 9.40. The van der Waals surface area contributed by atoms with Crippen molar-refractivity contribution in [3.8, 4) is 0 Å². The van der Waals surface area contributed by atoms with Crippen LogP contribution in [0.3, 0.4) is 0 Å². The molecule has 0 radical (unpaired) electrons. The molecule has 1 N–H and O–H groups in total. The normalized spacial score (nSPS) is 13.8. The van der Waals surface area contributed by atoms with E-state index in [0.717, 1.165) is 18.2 Å². The first-order valence-electron chi connectivity index (χ1n) is 5.10. The maximum atomic E-state index is 11.8. The number of hydrogen-bond acceptors (Lipinski definition) is 5. The van der Waals surface area contributed by atoms with Gasteiger partial charge in [-0.1, -0.05) is 6.07 Å². The van der Waals surface area contributed by atoms with E-state index in [1.54, 1.807) is 0 Å². The average molecular weight is 261 g/mol. The lowest BCUT2D eigenvalue weighted by atomic mass is 10.2. The van der Waals surface area contributed by atoms with Gasteiger partial charge in [0, 0.05) is 29.8 Å². The molecule has 8 nitrogen and oxygen atoms in total. The Morgan fingerprint density at radius 1 is 1.21 bits per heavy atom. The number of benzene rings is 1. The fourth-order valence-electron chi connectivity index (χ4n) is 1.44. The van der Waals surface area contributed by atoms with Gasteiger partial charge in [-0.3, -0.25) is 29.9 Å². The first-order valence-corrected chi connectivity index (χ1v) is 5.10. The zero-order valence-corrected chi connectivity index (χ0v) is 9.40. The van der Waals surface area contributed by atoms with Crippen molar-refractivity contribution < 1.29 is 19.3 Å². The van der Waals surface area contributed by atoms with Crippen molar-refractivity contribution in [2.75, 3.05) is 0 Å². The van der Waals surface area contributed by atoms with Crippen molar-refractivity contribution in [3.05, 3.63) is 52.1 Å². The van der Waals surface area contributed by atoms with E-state index in [-0.39, 0.29) is 11.3 Å². The van der Waals surface area contributed by atoms with Crippen molar-refractivity contribution in [2.45, 2.75) is 0 Å². The lowest BCUT2D eigenvalue weighted by Gasteiger charge is -2.14. The Kier molecular flexibility index (Phi) is 3.06. The molecule has 0 spiro atoms. The molecule has 1 aliphatic rings. The predicted molar refractivity (Wildman–Crippen MR) is 61.6 cm³/mol. The van der Waals surface area contributed by atoms with Crippen LogP contribution in [0.5, 0.6) is 0 Å². The number of carbonyl (C=O) groups excluding carboxylic acids is 3. The number of hydrazine groups is 1. The number of amides is 3. The van der Waals surface area contributed by atoms with Gasteiger partial charge >= 0.3 is 0 Å². The molecular formula is C11H7N3O5. The van der Waals surface area contributed by atoms with E-state index in [9.17, 15) is 24.5 Å². The van der Waals surface area contributed by atoms with Crippen LogP contribution in [0.25, 0.3) is 0 Å². The van der Waals surface area contributed by atoms with Crippen LogP contribution in [0.2, 0.25) is 0 Å². The van der Waals surface area contributed by atoms with Crippen LogP contribution in [-0.4, -0.2) is 27.7 Å². The number of imide groups is 1. The maximum Gasteiger partial charge on any atom is 0.272 e. The number of nitro groups is 1. The molecule has 0 saturated heterocycles. The number of nitrogens with one attached hydrogen (secondary N) is 1. The first kappa shape index (κ1) is 12.4. The van der Waals surface area contributed by atoms with Crippen molar-refractivity contribution in [2.24, 2.45) is 0 Å². The summed E-state index contributed by atoms with van der Waals surface area (Å²) in [5, 5.41) is 11.1. The van der Waals surface area contributed by atoms with Crippen molar-refractivity contribution in [1.82, 2.24) is 10.4 Å². The third-order valence-electron chi connectivity index (χ3n) is 2.34. The van der Waals surface area contributed by atoms with Crippen molar-refractivity contribution in [3.63, 3.8) is 0 Å². The Labute approximate surface area is 106 Å². The average Bonchev–Trinajstić information content (AvgIpc) is 2.70. The van der Waals surface area contributed by atoms with Gasteiger partial charge in [0.2, 0.25) is 0 Å². The molecule has 1 aromatic rings. The number of hydrogen-bond donors (Lipinski definition) is 1. The van der Waals surface area contributed by atoms with E-state index in [2.05, 4.69) is 5.43 Å². The summed E-state index contributed by atoms with van der Waals surface area (Å²) in [5.41, 5.74) is 1.79. The van der Waals surface area contributed by atoms with Gasteiger partial charge in [0.05, 0.1) is 4.92 Å². The van der Waals surface area contributed by atoms with Gasteiger partial charge in [-0.05, 0) is 6.07 Å². The summed E-state index contributed by atoms with van der Waals surface area (Å²) in [6.07, 6.45) is 2.02. The summed E-state index contributed by atoms with van der Waals surface area (Å²) in [5.74, 6) is -2.14. The molecule has 1 heterocycles. The second kappa shape index (κ2) is 4.69. The minimum atomic E-state index is -0.783. The van der Waals surface area contributed by atoms with Crippen LogP contribution >= 0.6 is 0 Å². The summed E-state index contributed by atoms with van der Waals surface area (Å²) in [7, 11) is 0. The van der Waals surface area contributed by atoms with Gasteiger partial charge in [0.1, 0.15) is 0 Å². The zero-order chi connectivity index (χ0) is 14.0. The molecule has 0 aliphatic carbocycles. The second-order valence-electron chi connectivity index (χ2n) is 3.59. The minimum absolute atomic E-state index is 0.0262. The Morgan fingerprint density at radius 2 is 1.84 bits per heavy atom. The molecule has 0 saturated carbocycles. The van der Waals surface area contributed by atoms with Crippen molar-refractivity contribution in [1.29, 1.82) is 0 Å². The Morgan fingerprint density at radius 3 is 2.42 bits per heavy atom. The summed E-state index contributed by atoms with van der Waals surface area (Å²) in [6, 6.07) is 4.94. The number of nitro benzene ring substituents is 1. The fourth-order valence-corrected chi connectivity index (χ4v) is 1.44. The van der Waals surface area contributed by atoms with Gasteiger partial charge in [-0.2, -0.15) is 5.01 Å². The third-order valence-corrected chi connectivity index (χ3v) is 2.34. The number of non-ortho nitro benzene ring substituents is 1. The molecular weight excluding hydrogens is 254 g/mol. The molecule has 0 unspecified atom stereocenters. The summed E-state index contributed by atoms with van der Waals surface area (Å²) < 4.78 is 0. The summed E-state index contributed by atoms with van der Waals surface area (Å²) in [6.45, 7) is 0. The van der Waals surface area contributed by atoms with Crippen molar-refractivity contribution >= 4 is 23.4 Å². The predicted octanol–water partition coefficient (Wildman–Crippen LogP) is 0.165. The Hall–Kier alpha value is -3.03. The van der Waals surface area contributed by atoms with Crippen LogP contribution in [0.1, 0.15) is 10.4 Å². The highest BCUT2D eigenvalue weighted by atomic mass is 16.6. The second-order valence-corrected chi connectivity index (χ2v) is 3.59.